The minimum atomic E-state index is -0.319. The molecule has 0 aliphatic carbocycles. The van der Waals surface area contributed by atoms with E-state index in [9.17, 15) is 0 Å². The monoisotopic (exact) mass is 252 g/mol. The first kappa shape index (κ1) is 12.4. The molecule has 15 heavy (non-hydrogen) atoms. The van der Waals surface area contributed by atoms with Gasteiger partial charge >= 0.3 is 0 Å². The van der Waals surface area contributed by atoms with Crippen molar-refractivity contribution in [3.63, 3.8) is 0 Å². The molecule has 1 unspecified atom stereocenters. The summed E-state index contributed by atoms with van der Waals surface area (Å²) >= 11 is 11.3. The van der Waals surface area contributed by atoms with Gasteiger partial charge in [0.15, 0.2) is 11.0 Å². The first-order chi connectivity index (χ1) is 7.17. The molecule has 2 N–H and O–H groups in total. The third kappa shape index (κ3) is 3.75. The van der Waals surface area contributed by atoms with Crippen molar-refractivity contribution in [3.05, 3.63) is 10.4 Å². The van der Waals surface area contributed by atoms with Gasteiger partial charge in [-0.2, -0.15) is 4.98 Å². The molecule has 0 saturated heterocycles. The fraction of sp³-hybridized carbons (Fsp3) is 0.571. The number of nitrogens with zero attached hydrogens (tertiary/aromatic N) is 3. The van der Waals surface area contributed by atoms with E-state index in [0.717, 1.165) is 0 Å². The van der Waals surface area contributed by atoms with Crippen molar-refractivity contribution < 1.29 is 9.84 Å². The largest absolute Gasteiger partial charge is 0.394 e. The van der Waals surface area contributed by atoms with Crippen molar-refractivity contribution in [2.24, 2.45) is 0 Å². The van der Waals surface area contributed by atoms with Crippen LogP contribution in [0.15, 0.2) is 0 Å². The number of halogens is 2. The number of aliphatic hydroxyl groups excluding tert-OH is 1. The average molecular weight is 253 g/mol. The molecule has 1 rings (SSSR count). The van der Waals surface area contributed by atoms with Crippen molar-refractivity contribution in [1.82, 2.24) is 15.2 Å². The minimum Gasteiger partial charge on any atom is -0.394 e. The number of aromatic nitrogens is 3. The molecule has 0 fully saturated rings. The summed E-state index contributed by atoms with van der Waals surface area (Å²) < 4.78 is 4.87. The summed E-state index contributed by atoms with van der Waals surface area (Å²) in [4.78, 5) is 3.82. The van der Waals surface area contributed by atoms with Crippen LogP contribution in [-0.2, 0) is 4.74 Å². The normalized spacial score (nSPS) is 12.5. The predicted molar refractivity (Wildman–Crippen MR) is 56.2 cm³/mol. The molecule has 0 spiro atoms. The van der Waals surface area contributed by atoms with Crippen LogP contribution < -0.4 is 5.32 Å². The lowest BCUT2D eigenvalue weighted by molar-refractivity contribution is 0.153. The van der Waals surface area contributed by atoms with Gasteiger partial charge in [-0.15, -0.1) is 10.2 Å². The first-order valence-corrected chi connectivity index (χ1v) is 4.85. The number of hydrogen-bond donors (Lipinski definition) is 2. The van der Waals surface area contributed by atoms with E-state index in [-0.39, 0.29) is 28.9 Å². The highest BCUT2D eigenvalue weighted by Crippen LogP contribution is 2.17. The van der Waals surface area contributed by atoms with E-state index in [1.807, 2.05) is 0 Å². The molecule has 0 aromatic carbocycles. The second-order valence-electron chi connectivity index (χ2n) is 2.70. The highest BCUT2D eigenvalue weighted by Gasteiger charge is 2.12. The maximum absolute atomic E-state index is 9.00. The summed E-state index contributed by atoms with van der Waals surface area (Å²) in [5.41, 5.74) is 0. The number of aliphatic hydroxyl groups is 1. The standard InChI is InChI=1S/C7H10Cl2N4O2/c1-15-3-4(2-14)10-6-5(8)12-13-7(9)11-6/h4,14H,2-3H2,1H3,(H,10,11,13). The van der Waals surface area contributed by atoms with Crippen molar-refractivity contribution in [2.75, 3.05) is 25.6 Å². The second kappa shape index (κ2) is 6.02. The Morgan fingerprint density at radius 2 is 2.20 bits per heavy atom. The first-order valence-electron chi connectivity index (χ1n) is 4.09. The van der Waals surface area contributed by atoms with E-state index in [0.29, 0.717) is 6.61 Å². The fourth-order valence-electron chi connectivity index (χ4n) is 0.920. The summed E-state index contributed by atoms with van der Waals surface area (Å²) in [5.74, 6) is 0.271. The Hall–Kier alpha value is -0.690. The van der Waals surface area contributed by atoms with Crippen molar-refractivity contribution >= 4 is 29.0 Å². The summed E-state index contributed by atoms with van der Waals surface area (Å²) in [6.07, 6.45) is 0. The van der Waals surface area contributed by atoms with Crippen LogP contribution in [0.25, 0.3) is 0 Å². The van der Waals surface area contributed by atoms with Crippen LogP contribution in [0.2, 0.25) is 10.4 Å². The van der Waals surface area contributed by atoms with E-state index in [4.69, 9.17) is 33.0 Å². The zero-order valence-corrected chi connectivity index (χ0v) is 9.46. The maximum atomic E-state index is 9.00. The van der Waals surface area contributed by atoms with E-state index in [1.54, 1.807) is 0 Å². The summed E-state index contributed by atoms with van der Waals surface area (Å²) in [5, 5.41) is 18.9. The Balaban J connectivity index is 2.73. The number of methoxy groups -OCH3 is 1. The Kier molecular flexibility index (Phi) is 4.97. The predicted octanol–water partition coefficient (Wildman–Crippen LogP) is 0.598. The lowest BCUT2D eigenvalue weighted by Crippen LogP contribution is -2.29. The molecule has 0 saturated carbocycles. The van der Waals surface area contributed by atoms with Gasteiger partial charge in [-0.1, -0.05) is 11.6 Å². The molecule has 1 heterocycles. The highest BCUT2D eigenvalue weighted by atomic mass is 35.5. The molecule has 0 bridgehead atoms. The Bertz CT molecular complexity index is 326. The van der Waals surface area contributed by atoms with Gasteiger partial charge in [0.1, 0.15) is 0 Å². The molecule has 0 aliphatic rings. The number of anilines is 1. The van der Waals surface area contributed by atoms with E-state index >= 15 is 0 Å². The van der Waals surface area contributed by atoms with Crippen LogP contribution in [0.5, 0.6) is 0 Å². The average Bonchev–Trinajstić information content (AvgIpc) is 2.22. The van der Waals surface area contributed by atoms with Crippen LogP contribution in [0.4, 0.5) is 5.82 Å². The van der Waals surface area contributed by atoms with Gasteiger partial charge < -0.3 is 15.2 Å². The van der Waals surface area contributed by atoms with E-state index in [2.05, 4.69) is 20.5 Å². The number of ether oxygens (including phenoxy) is 1. The van der Waals surface area contributed by atoms with Gasteiger partial charge in [0, 0.05) is 7.11 Å². The van der Waals surface area contributed by atoms with Crippen LogP contribution in [-0.4, -0.2) is 46.7 Å². The van der Waals surface area contributed by atoms with Crippen LogP contribution in [0, 0.1) is 0 Å². The molecule has 0 amide bonds. The molecule has 84 valence electrons. The Morgan fingerprint density at radius 1 is 1.47 bits per heavy atom. The van der Waals surface area contributed by atoms with Crippen molar-refractivity contribution in [1.29, 1.82) is 0 Å². The molecule has 8 heteroatoms. The van der Waals surface area contributed by atoms with Gasteiger partial charge in [-0.3, -0.25) is 0 Å². The summed E-state index contributed by atoms with van der Waals surface area (Å²) in [7, 11) is 1.52. The maximum Gasteiger partial charge on any atom is 0.245 e. The summed E-state index contributed by atoms with van der Waals surface area (Å²) in [6, 6.07) is -0.319. The Labute approximate surface area is 96.6 Å². The van der Waals surface area contributed by atoms with Crippen LogP contribution in [0.1, 0.15) is 0 Å². The fourth-order valence-corrected chi connectivity index (χ4v) is 1.18. The van der Waals surface area contributed by atoms with Crippen molar-refractivity contribution in [3.8, 4) is 0 Å². The third-order valence-corrected chi connectivity index (χ3v) is 1.96. The van der Waals surface area contributed by atoms with Gasteiger partial charge in [0.2, 0.25) is 5.28 Å². The molecule has 1 aromatic heterocycles. The molecule has 1 atom stereocenters. The zero-order valence-electron chi connectivity index (χ0n) is 7.94. The smallest absolute Gasteiger partial charge is 0.245 e. The molecule has 1 aromatic rings. The van der Waals surface area contributed by atoms with E-state index in [1.165, 1.54) is 7.11 Å². The SMILES string of the molecule is COCC(CO)Nc1nc(Cl)nnc1Cl. The minimum absolute atomic E-state index is 0.0176. The van der Waals surface area contributed by atoms with Gasteiger partial charge in [0.05, 0.1) is 19.3 Å². The van der Waals surface area contributed by atoms with Crippen LogP contribution in [0.3, 0.4) is 0 Å². The van der Waals surface area contributed by atoms with Gasteiger partial charge in [-0.05, 0) is 11.6 Å². The zero-order chi connectivity index (χ0) is 11.3. The lowest BCUT2D eigenvalue weighted by atomic mass is 10.3. The molecule has 0 aliphatic heterocycles. The second-order valence-corrected chi connectivity index (χ2v) is 3.40. The molecule has 0 radical (unpaired) electrons. The summed E-state index contributed by atoms with van der Waals surface area (Å²) in [6.45, 7) is 0.195. The topological polar surface area (TPSA) is 80.2 Å². The number of rotatable bonds is 5. The lowest BCUT2D eigenvalue weighted by Gasteiger charge is -2.15. The molecular formula is C7H10Cl2N4O2. The highest BCUT2D eigenvalue weighted by molar-refractivity contribution is 6.32. The van der Waals surface area contributed by atoms with E-state index < -0.39 is 0 Å². The van der Waals surface area contributed by atoms with Gasteiger partial charge in [0.25, 0.3) is 0 Å². The Morgan fingerprint density at radius 3 is 2.80 bits per heavy atom. The third-order valence-electron chi connectivity index (χ3n) is 1.55. The van der Waals surface area contributed by atoms with Crippen LogP contribution >= 0.6 is 23.2 Å². The number of nitrogens with one attached hydrogen (secondary N) is 1. The quantitative estimate of drug-likeness (QED) is 0.799. The molecular weight excluding hydrogens is 243 g/mol. The van der Waals surface area contributed by atoms with Crippen molar-refractivity contribution in [2.45, 2.75) is 6.04 Å². The van der Waals surface area contributed by atoms with Gasteiger partial charge in [-0.25, -0.2) is 0 Å². The number of hydrogen-bond acceptors (Lipinski definition) is 6. The molecule has 6 nitrogen and oxygen atoms in total.